The lowest BCUT2D eigenvalue weighted by Gasteiger charge is -1.97. The molecule has 0 unspecified atom stereocenters. The summed E-state index contributed by atoms with van der Waals surface area (Å²) >= 11 is 0. The van der Waals surface area contributed by atoms with Crippen molar-refractivity contribution in [2.24, 2.45) is 0 Å². The molecule has 0 fully saturated rings. The smallest absolute Gasteiger partial charge is 0.00942 e. The molecule has 0 aliphatic carbocycles. The van der Waals surface area contributed by atoms with Crippen molar-refractivity contribution in [1.82, 2.24) is 0 Å². The predicted molar refractivity (Wildman–Crippen MR) is 79.7 cm³/mol. The molecule has 0 bridgehead atoms. The zero-order chi connectivity index (χ0) is 12.8. The van der Waals surface area contributed by atoms with Crippen LogP contribution in [0, 0.1) is 6.92 Å². The van der Waals surface area contributed by atoms with Crippen LogP contribution in [-0.4, -0.2) is 0 Å². The molecule has 0 aliphatic heterocycles. The molecular weight excluding hydrogens is 216 g/mol. The number of allylic oxidation sites excluding steroid dienone is 2. The fraction of sp³-hybridized carbons (Fsp3) is 0.111. The van der Waals surface area contributed by atoms with Gasteiger partial charge in [-0.1, -0.05) is 78.9 Å². The third kappa shape index (κ3) is 3.46. The third-order valence-electron chi connectivity index (χ3n) is 2.90. The molecule has 0 aromatic heterocycles. The van der Waals surface area contributed by atoms with Crippen molar-refractivity contribution in [3.8, 4) is 0 Å². The number of hydrogen-bond donors (Lipinski definition) is 0. The first kappa shape index (κ1) is 12.4. The average Bonchev–Trinajstić information content (AvgIpc) is 2.37. The molecule has 0 radical (unpaired) electrons. The maximum absolute atomic E-state index is 4.00. The van der Waals surface area contributed by atoms with E-state index in [-0.39, 0.29) is 0 Å². The largest absolute Gasteiger partial charge is 0.0912 e. The zero-order valence-electron chi connectivity index (χ0n) is 10.8. The fourth-order valence-electron chi connectivity index (χ4n) is 1.91. The normalized spacial score (nSPS) is 12.2. The summed E-state index contributed by atoms with van der Waals surface area (Å²) < 4.78 is 0. The minimum absolute atomic E-state index is 0.970. The summed E-state index contributed by atoms with van der Waals surface area (Å²) in [5.41, 5.74) is 2.66. The van der Waals surface area contributed by atoms with E-state index < -0.39 is 0 Å². The van der Waals surface area contributed by atoms with Gasteiger partial charge >= 0.3 is 0 Å². The van der Waals surface area contributed by atoms with Crippen molar-refractivity contribution in [3.63, 3.8) is 0 Å². The standard InChI is InChI=1S/C18H18/c1-15-8-7-11-17(14-15)10-4-6-13-18-12-5-3-9-16(18)2/h3-9,11-14H,2,10H2,1H3/b6-4-,18-13-. The molecule has 2 aromatic carbocycles. The summed E-state index contributed by atoms with van der Waals surface area (Å²) in [4.78, 5) is 0. The van der Waals surface area contributed by atoms with E-state index in [2.05, 4.69) is 62.1 Å². The van der Waals surface area contributed by atoms with Crippen molar-refractivity contribution in [3.05, 3.63) is 82.2 Å². The lowest BCUT2D eigenvalue weighted by Crippen LogP contribution is -2.21. The van der Waals surface area contributed by atoms with E-state index in [4.69, 9.17) is 0 Å². The first-order chi connectivity index (χ1) is 8.75. The van der Waals surface area contributed by atoms with Gasteiger partial charge in [0.15, 0.2) is 0 Å². The van der Waals surface area contributed by atoms with Gasteiger partial charge in [-0.25, -0.2) is 0 Å². The second-order valence-electron chi connectivity index (χ2n) is 4.49. The highest BCUT2D eigenvalue weighted by Crippen LogP contribution is 2.04. The van der Waals surface area contributed by atoms with E-state index in [0.29, 0.717) is 0 Å². The van der Waals surface area contributed by atoms with Crippen molar-refractivity contribution in [2.75, 3.05) is 0 Å². The Labute approximate surface area is 109 Å². The molecule has 0 saturated carbocycles. The minimum Gasteiger partial charge on any atom is -0.0912 e. The van der Waals surface area contributed by atoms with Gasteiger partial charge in [-0.05, 0) is 29.3 Å². The van der Waals surface area contributed by atoms with Crippen LogP contribution in [0.25, 0.3) is 12.7 Å². The molecule has 18 heavy (non-hydrogen) atoms. The van der Waals surface area contributed by atoms with Gasteiger partial charge < -0.3 is 0 Å². The molecule has 0 spiro atoms. The second-order valence-corrected chi connectivity index (χ2v) is 4.49. The molecule has 0 atom stereocenters. The van der Waals surface area contributed by atoms with E-state index in [1.54, 1.807) is 0 Å². The second kappa shape index (κ2) is 6.02. The Morgan fingerprint density at radius 2 is 1.89 bits per heavy atom. The van der Waals surface area contributed by atoms with E-state index in [1.807, 2.05) is 18.2 Å². The van der Waals surface area contributed by atoms with Crippen LogP contribution >= 0.6 is 0 Å². The Balaban J connectivity index is 2.08. The van der Waals surface area contributed by atoms with Gasteiger partial charge in [-0.2, -0.15) is 0 Å². The number of rotatable bonds is 3. The van der Waals surface area contributed by atoms with Gasteiger partial charge in [0.05, 0.1) is 0 Å². The van der Waals surface area contributed by atoms with E-state index in [9.17, 15) is 0 Å². The van der Waals surface area contributed by atoms with Gasteiger partial charge in [0.1, 0.15) is 0 Å². The van der Waals surface area contributed by atoms with E-state index >= 15 is 0 Å². The topological polar surface area (TPSA) is 0 Å². The summed E-state index contributed by atoms with van der Waals surface area (Å²) in [7, 11) is 0. The Hall–Kier alpha value is -2.08. The molecule has 0 N–H and O–H groups in total. The summed E-state index contributed by atoms with van der Waals surface area (Å²) in [5.74, 6) is 0. The molecule has 90 valence electrons. The maximum Gasteiger partial charge on any atom is -0.00942 e. The quantitative estimate of drug-likeness (QED) is 0.766. The van der Waals surface area contributed by atoms with Crippen LogP contribution in [0.4, 0.5) is 0 Å². The van der Waals surface area contributed by atoms with E-state index in [0.717, 1.165) is 11.6 Å². The molecule has 2 aromatic rings. The van der Waals surface area contributed by atoms with Crippen LogP contribution in [0.1, 0.15) is 11.1 Å². The SMILES string of the molecule is C=c1cccc/c1=C/C=C\Cc1cccc(C)c1. The lowest BCUT2D eigenvalue weighted by molar-refractivity contribution is 1.25. The van der Waals surface area contributed by atoms with E-state index in [1.165, 1.54) is 16.3 Å². The van der Waals surface area contributed by atoms with Crippen LogP contribution in [-0.2, 0) is 6.42 Å². The van der Waals surface area contributed by atoms with Crippen LogP contribution < -0.4 is 10.4 Å². The van der Waals surface area contributed by atoms with Crippen molar-refractivity contribution >= 4 is 12.7 Å². The summed E-state index contributed by atoms with van der Waals surface area (Å²) in [5, 5.41) is 2.25. The number of benzene rings is 2. The monoisotopic (exact) mass is 234 g/mol. The Morgan fingerprint density at radius 1 is 1.06 bits per heavy atom. The number of hydrogen-bond acceptors (Lipinski definition) is 0. The highest BCUT2D eigenvalue weighted by Gasteiger charge is 1.88. The first-order valence-corrected chi connectivity index (χ1v) is 6.22. The van der Waals surface area contributed by atoms with Crippen molar-refractivity contribution in [1.29, 1.82) is 0 Å². The molecular formula is C18H18. The van der Waals surface area contributed by atoms with Crippen LogP contribution in [0.3, 0.4) is 0 Å². The zero-order valence-corrected chi connectivity index (χ0v) is 10.8. The average molecular weight is 234 g/mol. The molecule has 0 aliphatic rings. The molecule has 0 nitrogen and oxygen atoms in total. The minimum atomic E-state index is 0.970. The van der Waals surface area contributed by atoms with Crippen molar-refractivity contribution < 1.29 is 0 Å². The molecule has 0 saturated heterocycles. The van der Waals surface area contributed by atoms with Gasteiger partial charge in [-0.15, -0.1) is 0 Å². The van der Waals surface area contributed by atoms with Gasteiger partial charge in [0, 0.05) is 0 Å². The lowest BCUT2D eigenvalue weighted by atomic mass is 10.1. The maximum atomic E-state index is 4.00. The van der Waals surface area contributed by atoms with Crippen LogP contribution in [0.2, 0.25) is 0 Å². The highest BCUT2D eigenvalue weighted by molar-refractivity contribution is 5.38. The Bertz CT molecular complexity index is 648. The first-order valence-electron chi connectivity index (χ1n) is 6.22. The van der Waals surface area contributed by atoms with Gasteiger partial charge in [-0.3, -0.25) is 0 Å². The fourth-order valence-corrected chi connectivity index (χ4v) is 1.91. The predicted octanol–water partition coefficient (Wildman–Crippen LogP) is 2.98. The summed E-state index contributed by atoms with van der Waals surface area (Å²) in [6.07, 6.45) is 7.36. The Kier molecular flexibility index (Phi) is 4.14. The molecule has 0 heterocycles. The molecule has 0 amide bonds. The third-order valence-corrected chi connectivity index (χ3v) is 2.90. The molecule has 0 heteroatoms. The van der Waals surface area contributed by atoms with Crippen molar-refractivity contribution in [2.45, 2.75) is 13.3 Å². The molecule has 2 rings (SSSR count). The van der Waals surface area contributed by atoms with Gasteiger partial charge in [0.2, 0.25) is 0 Å². The van der Waals surface area contributed by atoms with Crippen LogP contribution in [0.15, 0.2) is 60.7 Å². The number of aryl methyl sites for hydroxylation is 1. The summed E-state index contributed by atoms with van der Waals surface area (Å²) in [6.45, 7) is 6.13. The Morgan fingerprint density at radius 3 is 2.67 bits per heavy atom. The van der Waals surface area contributed by atoms with Gasteiger partial charge in [0.25, 0.3) is 0 Å². The highest BCUT2D eigenvalue weighted by atomic mass is 13.9. The van der Waals surface area contributed by atoms with Crippen LogP contribution in [0.5, 0.6) is 0 Å². The summed E-state index contributed by atoms with van der Waals surface area (Å²) in [6, 6.07) is 16.8.